The van der Waals surface area contributed by atoms with E-state index >= 15 is 0 Å². The zero-order valence-corrected chi connectivity index (χ0v) is 12.5. The highest BCUT2D eigenvalue weighted by molar-refractivity contribution is 6.02. The summed E-state index contributed by atoms with van der Waals surface area (Å²) in [4.78, 5) is 33.3. The third-order valence-corrected chi connectivity index (χ3v) is 3.19. The van der Waals surface area contributed by atoms with Crippen LogP contribution in [0.5, 0.6) is 0 Å². The predicted molar refractivity (Wildman–Crippen MR) is 78.8 cm³/mol. The SMILES string of the molecule is CC(C)c1nccn1CCCNC(=O)c1nc[nH]c1C(=O)O. The molecule has 2 rings (SSSR count). The largest absolute Gasteiger partial charge is 0.477 e. The average Bonchev–Trinajstić information content (AvgIpc) is 3.11. The van der Waals surface area contributed by atoms with E-state index in [4.69, 9.17) is 5.11 Å². The van der Waals surface area contributed by atoms with Gasteiger partial charge in [-0.15, -0.1) is 0 Å². The zero-order valence-electron chi connectivity index (χ0n) is 12.5. The van der Waals surface area contributed by atoms with Gasteiger partial charge in [0, 0.05) is 31.4 Å². The summed E-state index contributed by atoms with van der Waals surface area (Å²) in [7, 11) is 0. The number of aromatic carboxylic acids is 1. The number of nitrogens with one attached hydrogen (secondary N) is 2. The zero-order chi connectivity index (χ0) is 16.1. The normalized spacial score (nSPS) is 10.9. The van der Waals surface area contributed by atoms with Crippen LogP contribution < -0.4 is 5.32 Å². The van der Waals surface area contributed by atoms with Gasteiger partial charge >= 0.3 is 5.97 Å². The van der Waals surface area contributed by atoms with Crippen LogP contribution in [-0.2, 0) is 6.54 Å². The first-order valence-corrected chi connectivity index (χ1v) is 7.06. The van der Waals surface area contributed by atoms with Crippen LogP contribution in [0.2, 0.25) is 0 Å². The van der Waals surface area contributed by atoms with Gasteiger partial charge in [-0.1, -0.05) is 13.8 Å². The van der Waals surface area contributed by atoms with Crippen molar-refractivity contribution in [3.8, 4) is 0 Å². The Morgan fingerprint density at radius 3 is 2.86 bits per heavy atom. The minimum atomic E-state index is -1.21. The molecule has 0 saturated heterocycles. The van der Waals surface area contributed by atoms with E-state index in [-0.39, 0.29) is 11.4 Å². The van der Waals surface area contributed by atoms with Crippen molar-refractivity contribution in [1.29, 1.82) is 0 Å². The summed E-state index contributed by atoms with van der Waals surface area (Å²) in [5, 5.41) is 11.6. The topological polar surface area (TPSA) is 113 Å². The molecule has 2 aromatic rings. The minimum absolute atomic E-state index is 0.0991. The maximum absolute atomic E-state index is 11.9. The molecular formula is C14H19N5O3. The Morgan fingerprint density at radius 1 is 1.41 bits per heavy atom. The minimum Gasteiger partial charge on any atom is -0.477 e. The van der Waals surface area contributed by atoms with Gasteiger partial charge in [0.1, 0.15) is 5.82 Å². The second-order valence-electron chi connectivity index (χ2n) is 5.17. The molecule has 0 atom stereocenters. The Morgan fingerprint density at radius 2 is 2.18 bits per heavy atom. The van der Waals surface area contributed by atoms with Gasteiger partial charge in [-0.3, -0.25) is 4.79 Å². The van der Waals surface area contributed by atoms with Crippen molar-refractivity contribution in [2.45, 2.75) is 32.7 Å². The molecule has 8 heteroatoms. The van der Waals surface area contributed by atoms with Crippen LogP contribution in [0, 0.1) is 0 Å². The van der Waals surface area contributed by atoms with Gasteiger partial charge in [-0.2, -0.15) is 0 Å². The molecule has 118 valence electrons. The molecular weight excluding hydrogens is 286 g/mol. The average molecular weight is 305 g/mol. The fourth-order valence-electron chi connectivity index (χ4n) is 2.18. The van der Waals surface area contributed by atoms with Crippen LogP contribution in [-0.4, -0.2) is 43.0 Å². The number of H-pyrrole nitrogens is 1. The second kappa shape index (κ2) is 6.88. The second-order valence-corrected chi connectivity index (χ2v) is 5.17. The van der Waals surface area contributed by atoms with Crippen LogP contribution in [0.4, 0.5) is 0 Å². The lowest BCUT2D eigenvalue weighted by Gasteiger charge is -2.10. The molecule has 0 bridgehead atoms. The Hall–Kier alpha value is -2.64. The molecule has 0 aliphatic heterocycles. The van der Waals surface area contributed by atoms with E-state index in [9.17, 15) is 9.59 Å². The fraction of sp³-hybridized carbons (Fsp3) is 0.429. The van der Waals surface area contributed by atoms with E-state index in [1.54, 1.807) is 6.20 Å². The molecule has 0 saturated carbocycles. The highest BCUT2D eigenvalue weighted by Gasteiger charge is 2.19. The monoisotopic (exact) mass is 305 g/mol. The first-order valence-electron chi connectivity index (χ1n) is 7.06. The number of carbonyl (C=O) groups excluding carboxylic acids is 1. The molecule has 2 heterocycles. The van der Waals surface area contributed by atoms with Gasteiger partial charge < -0.3 is 20.0 Å². The number of aryl methyl sites for hydroxylation is 1. The summed E-state index contributed by atoms with van der Waals surface area (Å²) >= 11 is 0. The molecule has 22 heavy (non-hydrogen) atoms. The molecule has 0 spiro atoms. The van der Waals surface area contributed by atoms with Gasteiger partial charge in [0.15, 0.2) is 11.4 Å². The van der Waals surface area contributed by atoms with E-state index in [0.717, 1.165) is 12.4 Å². The lowest BCUT2D eigenvalue weighted by molar-refractivity contribution is 0.0685. The first-order chi connectivity index (χ1) is 10.5. The van der Waals surface area contributed by atoms with Crippen LogP contribution in [0.3, 0.4) is 0 Å². The van der Waals surface area contributed by atoms with E-state index in [1.807, 2.05) is 10.8 Å². The van der Waals surface area contributed by atoms with E-state index in [0.29, 0.717) is 18.9 Å². The number of aromatic amines is 1. The smallest absolute Gasteiger partial charge is 0.354 e. The molecule has 1 amide bonds. The lowest BCUT2D eigenvalue weighted by Crippen LogP contribution is -2.27. The number of nitrogens with zero attached hydrogens (tertiary/aromatic N) is 3. The Bertz CT molecular complexity index is 659. The van der Waals surface area contributed by atoms with E-state index in [2.05, 4.69) is 34.1 Å². The number of carboxylic acid groups (broad SMARTS) is 1. The number of aromatic nitrogens is 4. The molecule has 0 aliphatic carbocycles. The highest BCUT2D eigenvalue weighted by atomic mass is 16.4. The van der Waals surface area contributed by atoms with Crippen LogP contribution in [0.15, 0.2) is 18.7 Å². The van der Waals surface area contributed by atoms with Gasteiger partial charge in [0.05, 0.1) is 6.33 Å². The fourth-order valence-corrected chi connectivity index (χ4v) is 2.18. The quantitative estimate of drug-likeness (QED) is 0.666. The summed E-state index contributed by atoms with van der Waals surface area (Å²) in [6, 6.07) is 0. The summed E-state index contributed by atoms with van der Waals surface area (Å²) in [5.74, 6) is -0.352. The predicted octanol–water partition coefficient (Wildman–Crippen LogP) is 1.25. The molecule has 8 nitrogen and oxygen atoms in total. The Kier molecular flexibility index (Phi) is 4.92. The number of rotatable bonds is 7. The van der Waals surface area contributed by atoms with Crippen molar-refractivity contribution in [3.05, 3.63) is 35.9 Å². The maximum atomic E-state index is 11.9. The molecule has 0 fully saturated rings. The molecule has 2 aromatic heterocycles. The standard InChI is InChI=1S/C14H19N5O3/c1-9(2)12-15-5-7-19(12)6-3-4-16-13(20)10-11(14(21)22)18-8-17-10/h5,7-9H,3-4,6H2,1-2H3,(H,16,20)(H,17,18)(H,21,22). The molecule has 0 aromatic carbocycles. The third kappa shape index (κ3) is 3.51. The molecule has 3 N–H and O–H groups in total. The van der Waals surface area contributed by atoms with Gasteiger partial charge in [-0.05, 0) is 6.42 Å². The van der Waals surface area contributed by atoms with Crippen LogP contribution >= 0.6 is 0 Å². The summed E-state index contributed by atoms with van der Waals surface area (Å²) in [6.07, 6.45) is 5.58. The van der Waals surface area contributed by atoms with Gasteiger partial charge in [0.2, 0.25) is 0 Å². The van der Waals surface area contributed by atoms with Crippen molar-refractivity contribution < 1.29 is 14.7 Å². The van der Waals surface area contributed by atoms with Crippen molar-refractivity contribution in [2.24, 2.45) is 0 Å². The van der Waals surface area contributed by atoms with Crippen LogP contribution in [0.1, 0.15) is 53.0 Å². The van der Waals surface area contributed by atoms with E-state index < -0.39 is 11.9 Å². The number of hydrogen-bond acceptors (Lipinski definition) is 4. The van der Waals surface area contributed by atoms with Crippen molar-refractivity contribution in [3.63, 3.8) is 0 Å². The Labute approximate surface area is 127 Å². The van der Waals surface area contributed by atoms with E-state index in [1.165, 1.54) is 6.33 Å². The number of carboxylic acids is 1. The number of carbonyl (C=O) groups is 2. The van der Waals surface area contributed by atoms with Crippen molar-refractivity contribution in [1.82, 2.24) is 24.8 Å². The summed E-state index contributed by atoms with van der Waals surface area (Å²) in [6.45, 7) is 5.32. The van der Waals surface area contributed by atoms with Gasteiger partial charge in [0.25, 0.3) is 5.91 Å². The highest BCUT2D eigenvalue weighted by Crippen LogP contribution is 2.11. The number of imidazole rings is 2. The van der Waals surface area contributed by atoms with Crippen molar-refractivity contribution in [2.75, 3.05) is 6.54 Å². The number of hydrogen-bond donors (Lipinski definition) is 3. The van der Waals surface area contributed by atoms with Crippen molar-refractivity contribution >= 4 is 11.9 Å². The summed E-state index contributed by atoms with van der Waals surface area (Å²) < 4.78 is 2.05. The van der Waals surface area contributed by atoms with Gasteiger partial charge in [-0.25, -0.2) is 14.8 Å². The lowest BCUT2D eigenvalue weighted by atomic mass is 10.2. The number of amides is 1. The molecule has 0 radical (unpaired) electrons. The van der Waals surface area contributed by atoms with Crippen LogP contribution in [0.25, 0.3) is 0 Å². The molecule has 0 aliphatic rings. The first kappa shape index (κ1) is 15.7. The summed E-state index contributed by atoms with van der Waals surface area (Å²) in [5.41, 5.74) is -0.299. The molecule has 0 unspecified atom stereocenters. The maximum Gasteiger partial charge on any atom is 0.354 e. The third-order valence-electron chi connectivity index (χ3n) is 3.19. The Balaban J connectivity index is 1.84.